The van der Waals surface area contributed by atoms with Crippen LogP contribution in [0, 0.1) is 0 Å². The van der Waals surface area contributed by atoms with Crippen LogP contribution in [-0.4, -0.2) is 17.3 Å². The molecule has 0 spiro atoms. The molecule has 1 heterocycles. The Morgan fingerprint density at radius 2 is 2.62 bits per heavy atom. The van der Waals surface area contributed by atoms with Crippen LogP contribution in [0.1, 0.15) is 0 Å². The molecule has 0 aromatic carbocycles. The van der Waals surface area contributed by atoms with Crippen LogP contribution in [0.3, 0.4) is 0 Å². The molecule has 1 unspecified atom stereocenters. The summed E-state index contributed by atoms with van der Waals surface area (Å²) >= 11 is 1.78. The molecule has 44 valence electrons. The maximum absolute atomic E-state index is 3.69. The Kier molecular flexibility index (Phi) is 1.63. The zero-order valence-corrected chi connectivity index (χ0v) is 5.69. The second kappa shape index (κ2) is 2.27. The van der Waals surface area contributed by atoms with Crippen LogP contribution < -0.4 is 0 Å². The minimum absolute atomic E-state index is 0.468. The summed E-state index contributed by atoms with van der Waals surface area (Å²) in [6, 6.07) is 0. The molecule has 0 fully saturated rings. The number of rotatable bonds is 1. The van der Waals surface area contributed by atoms with Gasteiger partial charge in [0.15, 0.2) is 0 Å². The Morgan fingerprint density at radius 3 is 2.88 bits per heavy atom. The molecule has 2 heteroatoms. The molecule has 0 bridgehead atoms. The van der Waals surface area contributed by atoms with Crippen molar-refractivity contribution in [2.45, 2.75) is 5.37 Å². The maximum atomic E-state index is 3.69. The summed E-state index contributed by atoms with van der Waals surface area (Å²) in [4.78, 5) is 2.12. The molecule has 0 aromatic rings. The summed E-state index contributed by atoms with van der Waals surface area (Å²) in [6.45, 7) is 3.69. The molecule has 1 aliphatic heterocycles. The van der Waals surface area contributed by atoms with Crippen molar-refractivity contribution in [2.24, 2.45) is 0 Å². The van der Waals surface area contributed by atoms with Gasteiger partial charge < -0.3 is 4.90 Å². The molecule has 0 aromatic heterocycles. The van der Waals surface area contributed by atoms with Gasteiger partial charge in [0.2, 0.25) is 0 Å². The number of thioether (sulfide) groups is 1. The highest BCUT2D eigenvalue weighted by atomic mass is 32.2. The fourth-order valence-electron chi connectivity index (χ4n) is 0.614. The van der Waals surface area contributed by atoms with Crippen LogP contribution in [0.2, 0.25) is 0 Å². The van der Waals surface area contributed by atoms with E-state index in [0.717, 1.165) is 0 Å². The van der Waals surface area contributed by atoms with Gasteiger partial charge in [-0.05, 0) is 5.41 Å². The first-order valence-electron chi connectivity index (χ1n) is 2.51. The molecule has 0 radical (unpaired) electrons. The van der Waals surface area contributed by atoms with Crippen LogP contribution in [0.4, 0.5) is 0 Å². The lowest BCUT2D eigenvalue weighted by Crippen LogP contribution is -2.16. The third kappa shape index (κ3) is 0.892. The molecule has 0 N–H and O–H groups in total. The van der Waals surface area contributed by atoms with Gasteiger partial charge in [-0.2, -0.15) is 0 Å². The van der Waals surface area contributed by atoms with Crippen LogP contribution in [-0.2, 0) is 0 Å². The average molecular weight is 127 g/mol. The van der Waals surface area contributed by atoms with Crippen molar-refractivity contribution in [3.8, 4) is 0 Å². The van der Waals surface area contributed by atoms with Gasteiger partial charge in [-0.15, -0.1) is 18.3 Å². The van der Waals surface area contributed by atoms with Crippen LogP contribution in [0.25, 0.3) is 0 Å². The van der Waals surface area contributed by atoms with E-state index in [2.05, 4.69) is 23.1 Å². The van der Waals surface area contributed by atoms with Crippen molar-refractivity contribution >= 4 is 11.8 Å². The van der Waals surface area contributed by atoms with Gasteiger partial charge in [0.1, 0.15) is 0 Å². The highest BCUT2D eigenvalue weighted by Crippen LogP contribution is 2.23. The van der Waals surface area contributed by atoms with Crippen molar-refractivity contribution in [3.05, 3.63) is 24.3 Å². The van der Waals surface area contributed by atoms with E-state index in [-0.39, 0.29) is 0 Å². The zero-order chi connectivity index (χ0) is 5.98. The van der Waals surface area contributed by atoms with Crippen LogP contribution in [0.15, 0.2) is 24.3 Å². The minimum Gasteiger partial charge on any atom is -0.364 e. The quantitative estimate of drug-likeness (QED) is 0.493. The highest BCUT2D eigenvalue weighted by molar-refractivity contribution is 8.03. The normalized spacial score (nSPS) is 26.6. The van der Waals surface area contributed by atoms with Crippen LogP contribution >= 0.6 is 11.8 Å². The summed E-state index contributed by atoms with van der Waals surface area (Å²) in [5.41, 5.74) is 0. The molecule has 0 saturated heterocycles. The summed E-state index contributed by atoms with van der Waals surface area (Å²) < 4.78 is 0. The molecule has 0 saturated carbocycles. The first-order chi connectivity index (χ1) is 3.84. The number of likely N-dealkylation sites (N-methyl/N-ethyl adjacent to an activating group) is 1. The fraction of sp³-hybridized carbons (Fsp3) is 0.333. The Hall–Kier alpha value is -0.370. The topological polar surface area (TPSA) is 3.24 Å². The summed E-state index contributed by atoms with van der Waals surface area (Å²) in [5, 5.41) is 2.54. The largest absolute Gasteiger partial charge is 0.364 e. The lowest BCUT2D eigenvalue weighted by atomic mass is 10.6. The molecule has 1 rings (SSSR count). The molecular formula is C6H9NS. The molecular weight excluding hydrogens is 118 g/mol. The second-order valence-electron chi connectivity index (χ2n) is 1.71. The van der Waals surface area contributed by atoms with E-state index in [0.29, 0.717) is 5.37 Å². The summed E-state index contributed by atoms with van der Waals surface area (Å²) in [7, 11) is 2.04. The maximum Gasteiger partial charge on any atom is 0.0965 e. The smallest absolute Gasteiger partial charge is 0.0965 e. The van der Waals surface area contributed by atoms with E-state index < -0.39 is 0 Å². The van der Waals surface area contributed by atoms with Gasteiger partial charge in [-0.25, -0.2) is 0 Å². The number of hydrogen-bond acceptors (Lipinski definition) is 2. The Balaban J connectivity index is 2.50. The van der Waals surface area contributed by atoms with Gasteiger partial charge in [-0.1, -0.05) is 6.08 Å². The minimum atomic E-state index is 0.468. The van der Waals surface area contributed by atoms with E-state index >= 15 is 0 Å². The molecule has 8 heavy (non-hydrogen) atoms. The lowest BCUT2D eigenvalue weighted by molar-refractivity contribution is 0.489. The fourth-order valence-corrected chi connectivity index (χ4v) is 1.41. The van der Waals surface area contributed by atoms with Crippen molar-refractivity contribution in [1.82, 2.24) is 4.90 Å². The predicted molar refractivity (Wildman–Crippen MR) is 38.5 cm³/mol. The van der Waals surface area contributed by atoms with E-state index in [1.807, 2.05) is 13.1 Å². The standard InChI is InChI=1S/C6H9NS/c1-3-6-7(2)4-5-8-6/h3-6H,1H2,2H3. The monoisotopic (exact) mass is 127 g/mol. The van der Waals surface area contributed by atoms with Gasteiger partial charge >= 0.3 is 0 Å². The summed E-state index contributed by atoms with van der Waals surface area (Å²) in [5.74, 6) is 0. The van der Waals surface area contributed by atoms with E-state index in [1.165, 1.54) is 0 Å². The number of hydrogen-bond donors (Lipinski definition) is 0. The first-order valence-corrected chi connectivity index (χ1v) is 3.45. The molecule has 0 aliphatic carbocycles. The van der Waals surface area contributed by atoms with Gasteiger partial charge in [0.25, 0.3) is 0 Å². The Labute approximate surface area is 54.1 Å². The van der Waals surface area contributed by atoms with Crippen molar-refractivity contribution < 1.29 is 0 Å². The van der Waals surface area contributed by atoms with E-state index in [4.69, 9.17) is 0 Å². The lowest BCUT2D eigenvalue weighted by Gasteiger charge is -2.14. The van der Waals surface area contributed by atoms with Gasteiger partial charge in [0.05, 0.1) is 5.37 Å². The highest BCUT2D eigenvalue weighted by Gasteiger charge is 2.09. The zero-order valence-electron chi connectivity index (χ0n) is 4.87. The predicted octanol–water partition coefficient (Wildman–Crippen LogP) is 1.65. The molecule has 1 aliphatic rings. The Morgan fingerprint density at radius 1 is 1.88 bits per heavy atom. The van der Waals surface area contributed by atoms with E-state index in [1.54, 1.807) is 11.8 Å². The van der Waals surface area contributed by atoms with Gasteiger partial charge in [-0.3, -0.25) is 0 Å². The average Bonchev–Trinajstić information content (AvgIpc) is 2.14. The van der Waals surface area contributed by atoms with Crippen molar-refractivity contribution in [3.63, 3.8) is 0 Å². The van der Waals surface area contributed by atoms with Gasteiger partial charge in [0, 0.05) is 13.2 Å². The number of nitrogens with zero attached hydrogens (tertiary/aromatic N) is 1. The third-order valence-corrected chi connectivity index (χ3v) is 2.20. The SMILES string of the molecule is C=CC1SC=CN1C. The molecule has 1 atom stereocenters. The molecule has 1 nitrogen and oxygen atoms in total. The van der Waals surface area contributed by atoms with Crippen molar-refractivity contribution in [2.75, 3.05) is 7.05 Å². The van der Waals surface area contributed by atoms with Crippen LogP contribution in [0.5, 0.6) is 0 Å². The first kappa shape index (κ1) is 5.76. The van der Waals surface area contributed by atoms with E-state index in [9.17, 15) is 0 Å². The summed E-state index contributed by atoms with van der Waals surface area (Å²) in [6.07, 6.45) is 3.99. The molecule has 0 amide bonds. The Bertz CT molecular complexity index is 120. The third-order valence-electron chi connectivity index (χ3n) is 1.12. The van der Waals surface area contributed by atoms with Crippen molar-refractivity contribution in [1.29, 1.82) is 0 Å². The second-order valence-corrected chi connectivity index (χ2v) is 2.74.